The average molecular weight is 393 g/mol. The Morgan fingerprint density at radius 1 is 1.07 bits per heavy atom. The molecule has 1 N–H and O–H groups in total. The highest BCUT2D eigenvalue weighted by atomic mass is 16.6. The third-order valence-electron chi connectivity index (χ3n) is 6.28. The number of ether oxygens (including phenoxy) is 4. The number of aliphatic hydroxyl groups is 1. The summed E-state index contributed by atoms with van der Waals surface area (Å²) in [5.74, 6) is 1.56. The second-order valence-electron chi connectivity index (χ2n) is 8.35. The molecule has 2 fully saturated rings. The molecule has 5 heteroatoms. The van der Waals surface area contributed by atoms with Crippen molar-refractivity contribution in [3.05, 3.63) is 29.8 Å². The Labute approximate surface area is 169 Å². The van der Waals surface area contributed by atoms with Gasteiger partial charge in [-0.2, -0.15) is 0 Å². The second kappa shape index (κ2) is 10.1. The van der Waals surface area contributed by atoms with Crippen LogP contribution in [0.15, 0.2) is 24.3 Å². The van der Waals surface area contributed by atoms with E-state index in [9.17, 15) is 5.11 Å². The van der Waals surface area contributed by atoms with Crippen molar-refractivity contribution in [2.45, 2.75) is 83.6 Å². The lowest BCUT2D eigenvalue weighted by Crippen LogP contribution is -2.59. The first-order chi connectivity index (χ1) is 13.6. The highest BCUT2D eigenvalue weighted by molar-refractivity contribution is 5.26. The fourth-order valence-electron chi connectivity index (χ4n) is 4.67. The molecule has 158 valence electrons. The van der Waals surface area contributed by atoms with Gasteiger partial charge in [0.1, 0.15) is 5.75 Å². The standard InChI is InChI=1S/C23H36O5/c1-5-6-19-15(2)13-21-23(28-19)16(3)22(20(27-21)11-12-24)26-14-17-7-9-18(25-4)10-8-17/h7-10,15-16,19-24H,5-6,11-14H2,1-4H3/t15-,16-,19-,20+,21+,22-,23+/m1/s1. The van der Waals surface area contributed by atoms with Gasteiger partial charge in [0.2, 0.25) is 0 Å². The minimum absolute atomic E-state index is 0.0589. The van der Waals surface area contributed by atoms with E-state index in [1.807, 2.05) is 24.3 Å². The molecule has 7 atom stereocenters. The molecule has 5 nitrogen and oxygen atoms in total. The summed E-state index contributed by atoms with van der Waals surface area (Å²) < 4.78 is 24.5. The molecule has 0 amide bonds. The number of hydrogen-bond acceptors (Lipinski definition) is 5. The predicted molar refractivity (Wildman–Crippen MR) is 108 cm³/mol. The largest absolute Gasteiger partial charge is 0.497 e. The van der Waals surface area contributed by atoms with E-state index in [1.54, 1.807) is 7.11 Å². The third kappa shape index (κ3) is 4.88. The fourth-order valence-corrected chi connectivity index (χ4v) is 4.67. The lowest BCUT2D eigenvalue weighted by molar-refractivity contribution is -0.266. The number of hydrogen-bond donors (Lipinski definition) is 1. The molecule has 2 aliphatic heterocycles. The summed E-state index contributed by atoms with van der Waals surface area (Å²) in [5, 5.41) is 9.54. The molecule has 0 saturated carbocycles. The second-order valence-corrected chi connectivity index (χ2v) is 8.35. The highest BCUT2D eigenvalue weighted by Crippen LogP contribution is 2.40. The van der Waals surface area contributed by atoms with Crippen molar-refractivity contribution >= 4 is 0 Å². The molecule has 0 aromatic heterocycles. The van der Waals surface area contributed by atoms with Crippen molar-refractivity contribution in [2.24, 2.45) is 11.8 Å². The van der Waals surface area contributed by atoms with Gasteiger partial charge in [0.15, 0.2) is 0 Å². The topological polar surface area (TPSA) is 57.2 Å². The molecule has 2 aliphatic rings. The molecule has 28 heavy (non-hydrogen) atoms. The molecule has 0 unspecified atom stereocenters. The van der Waals surface area contributed by atoms with Crippen LogP contribution in [-0.4, -0.2) is 49.3 Å². The molecule has 1 aromatic carbocycles. The summed E-state index contributed by atoms with van der Waals surface area (Å²) in [5.41, 5.74) is 1.10. The van der Waals surface area contributed by atoms with Gasteiger partial charge >= 0.3 is 0 Å². The molecular formula is C23H36O5. The van der Waals surface area contributed by atoms with Gasteiger partial charge in [-0.15, -0.1) is 0 Å². The Kier molecular flexibility index (Phi) is 7.75. The Morgan fingerprint density at radius 2 is 1.82 bits per heavy atom. The predicted octanol–water partition coefficient (Wildman–Crippen LogP) is 3.96. The Balaban J connectivity index is 1.68. The third-order valence-corrected chi connectivity index (χ3v) is 6.28. The van der Waals surface area contributed by atoms with Gasteiger partial charge < -0.3 is 24.1 Å². The minimum atomic E-state index is -0.0991. The molecule has 0 bridgehead atoms. The van der Waals surface area contributed by atoms with Crippen LogP contribution in [0.2, 0.25) is 0 Å². The number of aliphatic hydroxyl groups excluding tert-OH is 1. The van der Waals surface area contributed by atoms with Gasteiger partial charge in [-0.05, 0) is 42.9 Å². The van der Waals surface area contributed by atoms with Crippen LogP contribution in [0.25, 0.3) is 0 Å². The van der Waals surface area contributed by atoms with Crippen molar-refractivity contribution in [1.29, 1.82) is 0 Å². The van der Waals surface area contributed by atoms with Gasteiger partial charge in [0, 0.05) is 12.5 Å². The summed E-state index contributed by atoms with van der Waals surface area (Å²) in [6.45, 7) is 7.30. The number of methoxy groups -OCH3 is 1. The Bertz CT molecular complexity index is 589. The van der Waals surface area contributed by atoms with E-state index in [0.717, 1.165) is 30.6 Å². The smallest absolute Gasteiger partial charge is 0.118 e. The zero-order valence-corrected chi connectivity index (χ0v) is 17.7. The van der Waals surface area contributed by atoms with Crippen LogP contribution < -0.4 is 4.74 Å². The minimum Gasteiger partial charge on any atom is -0.497 e. The molecule has 1 aromatic rings. The van der Waals surface area contributed by atoms with E-state index in [1.165, 1.54) is 0 Å². The van der Waals surface area contributed by atoms with Crippen molar-refractivity contribution in [3.63, 3.8) is 0 Å². The van der Waals surface area contributed by atoms with Crippen molar-refractivity contribution in [3.8, 4) is 5.75 Å². The summed E-state index contributed by atoms with van der Waals surface area (Å²) in [4.78, 5) is 0. The van der Waals surface area contributed by atoms with Gasteiger partial charge in [-0.25, -0.2) is 0 Å². The molecule has 2 heterocycles. The Morgan fingerprint density at radius 3 is 2.46 bits per heavy atom. The van der Waals surface area contributed by atoms with Crippen molar-refractivity contribution in [1.82, 2.24) is 0 Å². The highest BCUT2D eigenvalue weighted by Gasteiger charge is 2.48. The van der Waals surface area contributed by atoms with Crippen LogP contribution in [0.5, 0.6) is 5.75 Å². The summed E-state index contributed by atoms with van der Waals surface area (Å²) in [6.07, 6.45) is 4.10. The van der Waals surface area contributed by atoms with E-state index in [0.29, 0.717) is 25.0 Å². The molecule has 0 radical (unpaired) electrons. The molecule has 0 spiro atoms. The average Bonchev–Trinajstić information content (AvgIpc) is 2.70. The van der Waals surface area contributed by atoms with Crippen LogP contribution in [0.1, 0.15) is 52.0 Å². The zero-order valence-electron chi connectivity index (χ0n) is 17.7. The van der Waals surface area contributed by atoms with Gasteiger partial charge in [0.25, 0.3) is 0 Å². The molecule has 2 saturated heterocycles. The van der Waals surface area contributed by atoms with Gasteiger partial charge in [0.05, 0.1) is 44.2 Å². The van der Waals surface area contributed by atoms with Crippen LogP contribution >= 0.6 is 0 Å². The lowest BCUT2D eigenvalue weighted by Gasteiger charge is -2.51. The summed E-state index contributed by atoms with van der Waals surface area (Å²) >= 11 is 0. The van der Waals surface area contributed by atoms with Crippen molar-refractivity contribution < 1.29 is 24.1 Å². The first kappa shape index (κ1) is 21.6. The maximum Gasteiger partial charge on any atom is 0.118 e. The van der Waals surface area contributed by atoms with E-state index in [4.69, 9.17) is 18.9 Å². The van der Waals surface area contributed by atoms with Crippen LogP contribution in [0.3, 0.4) is 0 Å². The Hall–Kier alpha value is -1.14. The van der Waals surface area contributed by atoms with E-state index >= 15 is 0 Å². The number of benzene rings is 1. The van der Waals surface area contributed by atoms with Gasteiger partial charge in [-0.1, -0.05) is 39.3 Å². The monoisotopic (exact) mass is 392 g/mol. The normalized spacial score (nSPS) is 35.4. The van der Waals surface area contributed by atoms with Crippen molar-refractivity contribution in [2.75, 3.05) is 13.7 Å². The van der Waals surface area contributed by atoms with E-state index in [2.05, 4.69) is 20.8 Å². The van der Waals surface area contributed by atoms with Crippen LogP contribution in [0, 0.1) is 11.8 Å². The van der Waals surface area contributed by atoms with E-state index in [-0.39, 0.29) is 36.9 Å². The van der Waals surface area contributed by atoms with Gasteiger partial charge in [-0.3, -0.25) is 0 Å². The molecule has 3 rings (SSSR count). The summed E-state index contributed by atoms with van der Waals surface area (Å²) in [6, 6.07) is 7.93. The van der Waals surface area contributed by atoms with Crippen LogP contribution in [0.4, 0.5) is 0 Å². The zero-order chi connectivity index (χ0) is 20.1. The van der Waals surface area contributed by atoms with E-state index < -0.39 is 0 Å². The lowest BCUT2D eigenvalue weighted by atomic mass is 9.79. The molecular weight excluding hydrogens is 356 g/mol. The quantitative estimate of drug-likeness (QED) is 0.726. The number of rotatable bonds is 8. The number of fused-ring (bicyclic) bond motifs is 1. The fraction of sp³-hybridized carbons (Fsp3) is 0.739. The maximum atomic E-state index is 9.54. The maximum absolute atomic E-state index is 9.54. The van der Waals surface area contributed by atoms with Crippen LogP contribution in [-0.2, 0) is 20.8 Å². The first-order valence-electron chi connectivity index (χ1n) is 10.7. The SMILES string of the molecule is CCC[C@H]1O[C@H]2[C@H](C)[C@@H](OCc3ccc(OC)cc3)[C@H](CCO)O[C@H]2C[C@H]1C. The molecule has 0 aliphatic carbocycles. The first-order valence-corrected chi connectivity index (χ1v) is 10.7. The summed E-state index contributed by atoms with van der Waals surface area (Å²) in [7, 11) is 1.67.